The normalized spacial score (nSPS) is 16.4. The zero-order valence-corrected chi connectivity index (χ0v) is 12.1. The molecule has 0 aromatic carbocycles. The second-order valence-electron chi connectivity index (χ2n) is 5.43. The largest absolute Gasteiger partial charge is 0.476 e. The molecule has 1 heterocycles. The van der Waals surface area contributed by atoms with E-state index < -0.39 is 5.97 Å². The number of thiazole rings is 1. The molecular formula is C13H18N2O3S. The first-order valence-electron chi connectivity index (χ1n) is 6.34. The summed E-state index contributed by atoms with van der Waals surface area (Å²) in [5.41, 5.74) is 0.167. The summed E-state index contributed by atoms with van der Waals surface area (Å²) in [5.74, 6) is -0.821. The van der Waals surface area contributed by atoms with E-state index >= 15 is 0 Å². The number of carbonyl (C=O) groups excluding carboxylic acids is 1. The van der Waals surface area contributed by atoms with Gasteiger partial charge >= 0.3 is 5.97 Å². The van der Waals surface area contributed by atoms with Crippen LogP contribution in [0.1, 0.15) is 53.8 Å². The molecule has 19 heavy (non-hydrogen) atoms. The lowest BCUT2D eigenvalue weighted by molar-refractivity contribution is 0.0687. The van der Waals surface area contributed by atoms with Gasteiger partial charge in [0.05, 0.1) is 0 Å². The topological polar surface area (TPSA) is 79.3 Å². The highest BCUT2D eigenvalue weighted by molar-refractivity contribution is 7.17. The maximum Gasteiger partial charge on any atom is 0.356 e. The van der Waals surface area contributed by atoms with Crippen molar-refractivity contribution in [1.82, 2.24) is 4.98 Å². The van der Waals surface area contributed by atoms with Crippen LogP contribution in [-0.2, 0) is 0 Å². The number of aromatic carboxylic acids is 1. The van der Waals surface area contributed by atoms with Crippen molar-refractivity contribution in [1.29, 1.82) is 0 Å². The van der Waals surface area contributed by atoms with Crippen LogP contribution in [0.3, 0.4) is 0 Å². The van der Waals surface area contributed by atoms with Crippen LogP contribution in [0.4, 0.5) is 5.13 Å². The summed E-state index contributed by atoms with van der Waals surface area (Å²) in [6.45, 7) is 6.54. The van der Waals surface area contributed by atoms with Gasteiger partial charge in [0.25, 0.3) is 0 Å². The lowest BCUT2D eigenvalue weighted by Crippen LogP contribution is -2.20. The Balaban J connectivity index is 2.12. The molecule has 2 rings (SSSR count). The van der Waals surface area contributed by atoms with Gasteiger partial charge in [-0.2, -0.15) is 0 Å². The zero-order valence-electron chi connectivity index (χ0n) is 11.3. The third-order valence-electron chi connectivity index (χ3n) is 3.86. The number of nitrogens with one attached hydrogen (secondary N) is 1. The molecule has 104 valence electrons. The number of aromatic nitrogens is 1. The third kappa shape index (κ3) is 2.78. The summed E-state index contributed by atoms with van der Waals surface area (Å²) in [7, 11) is 0. The predicted molar refractivity (Wildman–Crippen MR) is 74.1 cm³/mol. The van der Waals surface area contributed by atoms with E-state index in [4.69, 9.17) is 5.11 Å². The fraction of sp³-hybridized carbons (Fsp3) is 0.615. The minimum atomic E-state index is -1.15. The van der Waals surface area contributed by atoms with Crippen molar-refractivity contribution in [2.24, 2.45) is 11.3 Å². The van der Waals surface area contributed by atoms with E-state index in [0.29, 0.717) is 16.5 Å². The molecule has 1 aromatic heterocycles. The minimum absolute atomic E-state index is 0.144. The highest BCUT2D eigenvalue weighted by Crippen LogP contribution is 2.51. The van der Waals surface area contributed by atoms with Crippen LogP contribution in [0.15, 0.2) is 0 Å². The molecular weight excluding hydrogens is 264 g/mol. The fourth-order valence-corrected chi connectivity index (χ4v) is 3.00. The van der Waals surface area contributed by atoms with Crippen LogP contribution in [-0.4, -0.2) is 28.4 Å². The lowest BCUT2D eigenvalue weighted by atomic mass is 9.92. The molecule has 1 aliphatic rings. The first-order chi connectivity index (χ1) is 8.85. The van der Waals surface area contributed by atoms with E-state index in [1.165, 1.54) is 19.8 Å². The monoisotopic (exact) mass is 282 g/mol. The summed E-state index contributed by atoms with van der Waals surface area (Å²) < 4.78 is 0. The number of hydrogen-bond acceptors (Lipinski definition) is 5. The average Bonchev–Trinajstić information content (AvgIpc) is 2.99. The number of anilines is 1. The Bertz CT molecular complexity index is 486. The first kappa shape index (κ1) is 14.0. The summed E-state index contributed by atoms with van der Waals surface area (Å²) >= 11 is 1.12. The van der Waals surface area contributed by atoms with Gasteiger partial charge in [0.1, 0.15) is 4.88 Å². The molecule has 0 unspecified atom stereocenters. The molecule has 0 atom stereocenters. The molecule has 0 bridgehead atoms. The Morgan fingerprint density at radius 3 is 2.47 bits per heavy atom. The Labute approximate surface area is 116 Å². The van der Waals surface area contributed by atoms with Gasteiger partial charge in [-0.05, 0) is 24.2 Å². The zero-order chi connectivity index (χ0) is 14.2. The van der Waals surface area contributed by atoms with Crippen molar-refractivity contribution >= 4 is 28.2 Å². The van der Waals surface area contributed by atoms with Crippen molar-refractivity contribution in [2.75, 3.05) is 11.9 Å². The van der Waals surface area contributed by atoms with Gasteiger partial charge in [0, 0.05) is 13.5 Å². The fourth-order valence-electron chi connectivity index (χ4n) is 2.15. The maximum absolute atomic E-state index is 11.4. The van der Waals surface area contributed by atoms with Crippen molar-refractivity contribution in [2.45, 2.75) is 33.6 Å². The van der Waals surface area contributed by atoms with Crippen LogP contribution in [0, 0.1) is 11.3 Å². The molecule has 0 saturated heterocycles. The maximum atomic E-state index is 11.4. The SMILES string of the molecule is CC(=O)c1sc(NCC2(C(C)C)CC2)nc1C(=O)O. The quantitative estimate of drug-likeness (QED) is 0.784. The number of ketones is 1. The number of carboxylic acids is 1. The molecule has 0 radical (unpaired) electrons. The Hall–Kier alpha value is -1.43. The summed E-state index contributed by atoms with van der Waals surface area (Å²) in [6.07, 6.45) is 2.38. The van der Waals surface area contributed by atoms with Gasteiger partial charge < -0.3 is 10.4 Å². The molecule has 0 spiro atoms. The van der Waals surface area contributed by atoms with Crippen LogP contribution >= 0.6 is 11.3 Å². The van der Waals surface area contributed by atoms with E-state index in [9.17, 15) is 9.59 Å². The Kier molecular flexibility index (Phi) is 3.62. The second kappa shape index (κ2) is 4.92. The molecule has 5 nitrogen and oxygen atoms in total. The second-order valence-corrected chi connectivity index (χ2v) is 6.43. The van der Waals surface area contributed by atoms with Gasteiger partial charge in [0.2, 0.25) is 0 Å². The molecule has 1 saturated carbocycles. The molecule has 1 aliphatic carbocycles. The van der Waals surface area contributed by atoms with Crippen molar-refractivity contribution in [3.05, 3.63) is 10.6 Å². The molecule has 0 amide bonds. The molecule has 2 N–H and O–H groups in total. The number of carbonyl (C=O) groups is 2. The highest BCUT2D eigenvalue weighted by atomic mass is 32.1. The van der Waals surface area contributed by atoms with Gasteiger partial charge in [0.15, 0.2) is 16.6 Å². The number of rotatable bonds is 6. The molecule has 0 aliphatic heterocycles. The molecule has 6 heteroatoms. The summed E-state index contributed by atoms with van der Waals surface area (Å²) in [4.78, 5) is 26.6. The average molecular weight is 282 g/mol. The van der Waals surface area contributed by atoms with E-state index in [2.05, 4.69) is 24.1 Å². The Morgan fingerprint density at radius 1 is 1.47 bits per heavy atom. The van der Waals surface area contributed by atoms with Gasteiger partial charge in [-0.3, -0.25) is 4.79 Å². The predicted octanol–water partition coefficient (Wildman–Crippen LogP) is 2.89. The van der Waals surface area contributed by atoms with Crippen LogP contribution in [0.2, 0.25) is 0 Å². The van der Waals surface area contributed by atoms with Crippen LogP contribution in [0.5, 0.6) is 0 Å². The van der Waals surface area contributed by atoms with Gasteiger partial charge in [-0.15, -0.1) is 0 Å². The Morgan fingerprint density at radius 2 is 2.11 bits per heavy atom. The van der Waals surface area contributed by atoms with E-state index in [1.54, 1.807) is 0 Å². The van der Waals surface area contributed by atoms with E-state index in [-0.39, 0.29) is 16.4 Å². The van der Waals surface area contributed by atoms with Crippen LogP contribution in [0.25, 0.3) is 0 Å². The lowest BCUT2D eigenvalue weighted by Gasteiger charge is -2.19. The van der Waals surface area contributed by atoms with E-state index in [0.717, 1.165) is 17.9 Å². The number of carboxylic acid groups (broad SMARTS) is 1. The van der Waals surface area contributed by atoms with Crippen molar-refractivity contribution in [3.63, 3.8) is 0 Å². The van der Waals surface area contributed by atoms with Crippen LogP contribution < -0.4 is 5.32 Å². The van der Waals surface area contributed by atoms with Crippen molar-refractivity contribution < 1.29 is 14.7 Å². The molecule has 1 aromatic rings. The first-order valence-corrected chi connectivity index (χ1v) is 7.16. The van der Waals surface area contributed by atoms with Gasteiger partial charge in [-0.1, -0.05) is 25.2 Å². The molecule has 1 fully saturated rings. The smallest absolute Gasteiger partial charge is 0.356 e. The summed E-state index contributed by atoms with van der Waals surface area (Å²) in [6, 6.07) is 0. The minimum Gasteiger partial charge on any atom is -0.476 e. The van der Waals surface area contributed by atoms with Gasteiger partial charge in [-0.25, -0.2) is 9.78 Å². The number of nitrogens with zero attached hydrogens (tertiary/aromatic N) is 1. The van der Waals surface area contributed by atoms with Crippen molar-refractivity contribution in [3.8, 4) is 0 Å². The van der Waals surface area contributed by atoms with E-state index in [1.807, 2.05) is 0 Å². The standard InChI is InChI=1S/C13H18N2O3S/c1-7(2)13(4-5-13)6-14-12-15-9(11(17)18)10(19-12)8(3)16/h7H,4-6H2,1-3H3,(H,14,15)(H,17,18). The summed E-state index contributed by atoms with van der Waals surface area (Å²) in [5, 5.41) is 12.7. The number of Topliss-reactive ketones (excluding diaryl/α,β-unsaturated/α-hetero) is 1. The highest BCUT2D eigenvalue weighted by Gasteiger charge is 2.45. The number of hydrogen-bond donors (Lipinski definition) is 2. The third-order valence-corrected chi connectivity index (χ3v) is 4.97.